The van der Waals surface area contributed by atoms with Crippen molar-refractivity contribution in [2.75, 3.05) is 19.7 Å². The Morgan fingerprint density at radius 1 is 1.28 bits per heavy atom. The summed E-state index contributed by atoms with van der Waals surface area (Å²) in [6.45, 7) is 9.83. The van der Waals surface area contributed by atoms with Gasteiger partial charge in [-0.2, -0.15) is 0 Å². The van der Waals surface area contributed by atoms with Crippen LogP contribution in [-0.4, -0.2) is 42.8 Å². The van der Waals surface area contributed by atoms with Crippen molar-refractivity contribution < 1.29 is 4.74 Å². The van der Waals surface area contributed by atoms with Crippen LogP contribution in [-0.2, 0) is 4.74 Å². The molecule has 3 heteroatoms. The number of rotatable bonds is 8. The van der Waals surface area contributed by atoms with E-state index in [9.17, 15) is 0 Å². The van der Waals surface area contributed by atoms with Crippen LogP contribution in [0.3, 0.4) is 0 Å². The monoisotopic (exact) mass is 256 g/mol. The van der Waals surface area contributed by atoms with Crippen molar-refractivity contribution in [1.82, 2.24) is 4.90 Å². The molecule has 0 aliphatic carbocycles. The van der Waals surface area contributed by atoms with Crippen LogP contribution >= 0.6 is 0 Å². The number of hydrogen-bond acceptors (Lipinski definition) is 3. The first-order valence-electron chi connectivity index (χ1n) is 7.84. The van der Waals surface area contributed by atoms with Gasteiger partial charge in [-0.25, -0.2) is 0 Å². The fraction of sp³-hybridized carbons (Fsp3) is 1.00. The Kier molecular flexibility index (Phi) is 7.87. The number of piperidine rings is 1. The maximum absolute atomic E-state index is 6.33. The largest absolute Gasteiger partial charge is 0.377 e. The van der Waals surface area contributed by atoms with Gasteiger partial charge in [0, 0.05) is 25.2 Å². The van der Waals surface area contributed by atoms with Gasteiger partial charge in [-0.1, -0.05) is 27.2 Å². The van der Waals surface area contributed by atoms with E-state index in [0.717, 1.165) is 32.4 Å². The predicted octanol–water partition coefficient (Wildman–Crippen LogP) is 2.78. The van der Waals surface area contributed by atoms with Crippen molar-refractivity contribution in [1.29, 1.82) is 0 Å². The lowest BCUT2D eigenvalue weighted by atomic mass is 9.97. The molecule has 0 spiro atoms. The van der Waals surface area contributed by atoms with Crippen molar-refractivity contribution in [2.24, 2.45) is 5.73 Å². The molecule has 0 radical (unpaired) electrons. The normalized spacial score (nSPS) is 25.0. The zero-order valence-corrected chi connectivity index (χ0v) is 12.5. The van der Waals surface area contributed by atoms with Gasteiger partial charge in [0.2, 0.25) is 0 Å². The molecule has 1 aliphatic heterocycles. The highest BCUT2D eigenvalue weighted by atomic mass is 16.5. The first kappa shape index (κ1) is 15.9. The summed E-state index contributed by atoms with van der Waals surface area (Å²) in [5.41, 5.74) is 6.33. The highest BCUT2D eigenvalue weighted by Crippen LogP contribution is 2.20. The standard InChI is InChI=1S/C15H32N2O/c1-4-8-14(16)15(6-3)17-10-7-9-13(12-17)18-11-5-2/h13-15H,4-12,16H2,1-3H3. The average Bonchev–Trinajstić information content (AvgIpc) is 2.38. The third kappa shape index (κ3) is 4.87. The van der Waals surface area contributed by atoms with E-state index in [0.29, 0.717) is 18.2 Å². The molecule has 0 aromatic carbocycles. The van der Waals surface area contributed by atoms with Crippen LogP contribution < -0.4 is 5.73 Å². The van der Waals surface area contributed by atoms with E-state index in [1.165, 1.54) is 25.8 Å². The zero-order valence-electron chi connectivity index (χ0n) is 12.5. The van der Waals surface area contributed by atoms with Crippen LogP contribution in [0.5, 0.6) is 0 Å². The lowest BCUT2D eigenvalue weighted by Gasteiger charge is -2.40. The van der Waals surface area contributed by atoms with Crippen molar-refractivity contribution in [2.45, 2.75) is 77.5 Å². The quantitative estimate of drug-likeness (QED) is 0.726. The molecule has 18 heavy (non-hydrogen) atoms. The van der Waals surface area contributed by atoms with Gasteiger partial charge < -0.3 is 10.5 Å². The van der Waals surface area contributed by atoms with Crippen LogP contribution in [0.1, 0.15) is 59.3 Å². The molecule has 3 nitrogen and oxygen atoms in total. The second-order valence-corrected chi connectivity index (χ2v) is 5.56. The van der Waals surface area contributed by atoms with Crippen molar-refractivity contribution in [3.63, 3.8) is 0 Å². The van der Waals surface area contributed by atoms with E-state index in [-0.39, 0.29) is 0 Å². The predicted molar refractivity (Wildman–Crippen MR) is 77.8 cm³/mol. The molecule has 3 atom stereocenters. The van der Waals surface area contributed by atoms with Crippen LogP contribution in [0.15, 0.2) is 0 Å². The van der Waals surface area contributed by atoms with Gasteiger partial charge in [-0.15, -0.1) is 0 Å². The molecule has 0 aromatic rings. The maximum atomic E-state index is 6.33. The molecule has 1 rings (SSSR count). The second-order valence-electron chi connectivity index (χ2n) is 5.56. The number of nitrogens with two attached hydrogens (primary N) is 1. The van der Waals surface area contributed by atoms with Gasteiger partial charge in [0.25, 0.3) is 0 Å². The topological polar surface area (TPSA) is 38.5 Å². The van der Waals surface area contributed by atoms with Crippen molar-refractivity contribution in [3.05, 3.63) is 0 Å². The molecule has 3 unspecified atom stereocenters. The first-order chi connectivity index (χ1) is 8.72. The SMILES string of the molecule is CCCOC1CCCN(C(CC)C(N)CCC)C1. The van der Waals surface area contributed by atoms with Gasteiger partial charge >= 0.3 is 0 Å². The molecule has 1 saturated heterocycles. The molecule has 0 aromatic heterocycles. The van der Waals surface area contributed by atoms with Crippen LogP contribution in [0.25, 0.3) is 0 Å². The summed E-state index contributed by atoms with van der Waals surface area (Å²) in [4.78, 5) is 2.57. The van der Waals surface area contributed by atoms with E-state index < -0.39 is 0 Å². The van der Waals surface area contributed by atoms with E-state index in [1.807, 2.05) is 0 Å². The van der Waals surface area contributed by atoms with E-state index in [2.05, 4.69) is 25.7 Å². The van der Waals surface area contributed by atoms with Gasteiger partial charge in [0.05, 0.1) is 6.10 Å². The molecule has 0 amide bonds. The Labute approximate surface area is 113 Å². The van der Waals surface area contributed by atoms with Crippen molar-refractivity contribution in [3.8, 4) is 0 Å². The molecule has 0 bridgehead atoms. The summed E-state index contributed by atoms with van der Waals surface area (Å²) < 4.78 is 5.91. The fourth-order valence-electron chi connectivity index (χ4n) is 3.05. The smallest absolute Gasteiger partial charge is 0.0702 e. The molecule has 1 fully saturated rings. The molecule has 1 heterocycles. The van der Waals surface area contributed by atoms with Crippen LogP contribution in [0, 0.1) is 0 Å². The van der Waals surface area contributed by atoms with Gasteiger partial charge in [-0.3, -0.25) is 4.90 Å². The first-order valence-corrected chi connectivity index (χ1v) is 7.84. The highest BCUT2D eigenvalue weighted by Gasteiger charge is 2.28. The minimum Gasteiger partial charge on any atom is -0.377 e. The number of ether oxygens (including phenoxy) is 1. The third-order valence-corrected chi connectivity index (χ3v) is 3.97. The Bertz CT molecular complexity index is 211. The average molecular weight is 256 g/mol. The summed E-state index contributed by atoms with van der Waals surface area (Å²) in [6, 6.07) is 0.864. The number of hydrogen-bond donors (Lipinski definition) is 1. The minimum absolute atomic E-state index is 0.324. The summed E-state index contributed by atoms with van der Waals surface area (Å²) in [5, 5.41) is 0. The Morgan fingerprint density at radius 3 is 2.67 bits per heavy atom. The lowest BCUT2D eigenvalue weighted by Crippen LogP contribution is -2.52. The molecular weight excluding hydrogens is 224 g/mol. The van der Waals surface area contributed by atoms with Gasteiger partial charge in [0.1, 0.15) is 0 Å². The van der Waals surface area contributed by atoms with Gasteiger partial charge in [-0.05, 0) is 38.6 Å². The van der Waals surface area contributed by atoms with Crippen molar-refractivity contribution >= 4 is 0 Å². The highest BCUT2D eigenvalue weighted by molar-refractivity contribution is 4.85. The van der Waals surface area contributed by atoms with E-state index >= 15 is 0 Å². The Balaban J connectivity index is 2.46. The third-order valence-electron chi connectivity index (χ3n) is 3.97. The maximum Gasteiger partial charge on any atom is 0.0702 e. The zero-order chi connectivity index (χ0) is 13.4. The Hall–Kier alpha value is -0.120. The van der Waals surface area contributed by atoms with Crippen LogP contribution in [0.2, 0.25) is 0 Å². The molecule has 108 valence electrons. The van der Waals surface area contributed by atoms with Gasteiger partial charge in [0.15, 0.2) is 0 Å². The Morgan fingerprint density at radius 2 is 2.06 bits per heavy atom. The summed E-state index contributed by atoms with van der Waals surface area (Å²) in [6.07, 6.45) is 7.49. The molecule has 2 N–H and O–H groups in total. The summed E-state index contributed by atoms with van der Waals surface area (Å²) >= 11 is 0. The number of likely N-dealkylation sites (tertiary alicyclic amines) is 1. The second kappa shape index (κ2) is 8.89. The minimum atomic E-state index is 0.324. The fourth-order valence-corrected chi connectivity index (χ4v) is 3.05. The molecular formula is C15H32N2O. The summed E-state index contributed by atoms with van der Waals surface area (Å²) in [5.74, 6) is 0. The molecule has 0 saturated carbocycles. The number of nitrogens with zero attached hydrogens (tertiary/aromatic N) is 1. The molecule has 1 aliphatic rings. The van der Waals surface area contributed by atoms with Crippen LogP contribution in [0.4, 0.5) is 0 Å². The summed E-state index contributed by atoms with van der Waals surface area (Å²) in [7, 11) is 0. The van der Waals surface area contributed by atoms with E-state index in [4.69, 9.17) is 10.5 Å². The lowest BCUT2D eigenvalue weighted by molar-refractivity contribution is -0.0167. The van der Waals surface area contributed by atoms with E-state index in [1.54, 1.807) is 0 Å².